The van der Waals surface area contributed by atoms with Crippen molar-refractivity contribution < 1.29 is 9.32 Å². The number of aryl methyl sites for hydroxylation is 3. The standard InChI is InChI=1S/C19H23N5O2/c1-12(11-24-14(3)9-13(2)22-24)10-20-18(25)16-5-7-17(8-6-16)19-21-15(4)23-26-19/h5-9,12H,10-11H2,1-4H3,(H,20,25)/t12-/m1/s1. The fourth-order valence-electron chi connectivity index (χ4n) is 2.77. The van der Waals surface area contributed by atoms with Crippen molar-refractivity contribution in [1.29, 1.82) is 0 Å². The normalized spacial score (nSPS) is 12.2. The molecule has 2 aromatic heterocycles. The van der Waals surface area contributed by atoms with E-state index in [0.29, 0.717) is 23.8 Å². The molecule has 1 N–H and O–H groups in total. The number of carbonyl (C=O) groups excluding carboxylic acids is 1. The van der Waals surface area contributed by atoms with E-state index in [1.54, 1.807) is 31.2 Å². The molecular weight excluding hydrogens is 330 g/mol. The van der Waals surface area contributed by atoms with Crippen molar-refractivity contribution in [2.24, 2.45) is 5.92 Å². The molecular formula is C19H23N5O2. The topological polar surface area (TPSA) is 85.8 Å². The summed E-state index contributed by atoms with van der Waals surface area (Å²) in [6, 6.07) is 9.19. The number of nitrogens with one attached hydrogen (secondary N) is 1. The first kappa shape index (κ1) is 17.8. The minimum absolute atomic E-state index is 0.0986. The highest BCUT2D eigenvalue weighted by Crippen LogP contribution is 2.17. The van der Waals surface area contributed by atoms with Gasteiger partial charge in [0, 0.05) is 29.9 Å². The van der Waals surface area contributed by atoms with Gasteiger partial charge in [-0.3, -0.25) is 9.48 Å². The summed E-state index contributed by atoms with van der Waals surface area (Å²) in [4.78, 5) is 16.5. The molecule has 7 nitrogen and oxygen atoms in total. The van der Waals surface area contributed by atoms with Crippen molar-refractivity contribution in [1.82, 2.24) is 25.2 Å². The van der Waals surface area contributed by atoms with Gasteiger partial charge >= 0.3 is 0 Å². The second-order valence-corrected chi connectivity index (χ2v) is 6.65. The molecule has 26 heavy (non-hydrogen) atoms. The summed E-state index contributed by atoms with van der Waals surface area (Å²) in [6.07, 6.45) is 0. The van der Waals surface area contributed by atoms with Crippen molar-refractivity contribution in [3.05, 3.63) is 53.1 Å². The minimum Gasteiger partial charge on any atom is -0.352 e. The summed E-state index contributed by atoms with van der Waals surface area (Å²) >= 11 is 0. The zero-order valence-electron chi connectivity index (χ0n) is 15.5. The van der Waals surface area contributed by atoms with Crippen LogP contribution in [-0.2, 0) is 6.54 Å². The first-order valence-electron chi connectivity index (χ1n) is 8.62. The highest BCUT2D eigenvalue weighted by molar-refractivity contribution is 5.94. The zero-order chi connectivity index (χ0) is 18.7. The van der Waals surface area contributed by atoms with E-state index in [1.165, 1.54) is 0 Å². The molecule has 0 aliphatic heterocycles. The molecule has 1 aromatic carbocycles. The van der Waals surface area contributed by atoms with E-state index in [9.17, 15) is 4.79 Å². The third kappa shape index (κ3) is 4.17. The Bertz CT molecular complexity index is 895. The Morgan fingerprint density at radius 2 is 1.96 bits per heavy atom. The Labute approximate surface area is 152 Å². The Balaban J connectivity index is 1.55. The SMILES string of the molecule is Cc1cc(C)n(C[C@H](C)CNC(=O)c2ccc(-c3nc(C)no3)cc2)n1. The number of carbonyl (C=O) groups is 1. The lowest BCUT2D eigenvalue weighted by Gasteiger charge is -2.14. The molecule has 0 bridgehead atoms. The first-order valence-corrected chi connectivity index (χ1v) is 8.62. The molecule has 0 spiro atoms. The molecule has 0 fully saturated rings. The molecule has 1 atom stereocenters. The molecule has 1 amide bonds. The summed E-state index contributed by atoms with van der Waals surface area (Å²) in [6.45, 7) is 9.24. The Kier molecular flexibility index (Phi) is 5.16. The van der Waals surface area contributed by atoms with Crippen LogP contribution >= 0.6 is 0 Å². The van der Waals surface area contributed by atoms with E-state index in [0.717, 1.165) is 23.5 Å². The second-order valence-electron chi connectivity index (χ2n) is 6.65. The van der Waals surface area contributed by atoms with Gasteiger partial charge in [0.05, 0.1) is 5.69 Å². The van der Waals surface area contributed by atoms with Gasteiger partial charge in [-0.1, -0.05) is 12.1 Å². The molecule has 0 aliphatic carbocycles. The zero-order valence-corrected chi connectivity index (χ0v) is 15.5. The molecule has 136 valence electrons. The van der Waals surface area contributed by atoms with Crippen LogP contribution in [0.1, 0.15) is 34.5 Å². The number of hydrogen-bond donors (Lipinski definition) is 1. The second kappa shape index (κ2) is 7.51. The molecule has 0 unspecified atom stereocenters. The van der Waals surface area contributed by atoms with Crippen molar-refractivity contribution in [3.63, 3.8) is 0 Å². The summed E-state index contributed by atoms with van der Waals surface area (Å²) in [5.74, 6) is 1.21. The van der Waals surface area contributed by atoms with Crippen molar-refractivity contribution in [2.45, 2.75) is 34.2 Å². The van der Waals surface area contributed by atoms with Gasteiger partial charge < -0.3 is 9.84 Å². The van der Waals surface area contributed by atoms with Crippen LogP contribution in [0.2, 0.25) is 0 Å². The average molecular weight is 353 g/mol. The average Bonchev–Trinajstić information content (AvgIpc) is 3.18. The van der Waals surface area contributed by atoms with Crippen LogP contribution < -0.4 is 5.32 Å². The maximum Gasteiger partial charge on any atom is 0.257 e. The number of rotatable bonds is 6. The van der Waals surface area contributed by atoms with Crippen LogP contribution in [0, 0.1) is 26.7 Å². The van der Waals surface area contributed by atoms with Crippen molar-refractivity contribution >= 4 is 5.91 Å². The van der Waals surface area contributed by atoms with Crippen LogP contribution in [0.25, 0.3) is 11.5 Å². The maximum absolute atomic E-state index is 12.3. The Hall–Kier alpha value is -2.96. The third-order valence-corrected chi connectivity index (χ3v) is 4.12. The van der Waals surface area contributed by atoms with E-state index in [-0.39, 0.29) is 11.8 Å². The van der Waals surface area contributed by atoms with Gasteiger partial charge in [0.2, 0.25) is 0 Å². The number of benzene rings is 1. The van der Waals surface area contributed by atoms with E-state index < -0.39 is 0 Å². The summed E-state index contributed by atoms with van der Waals surface area (Å²) < 4.78 is 7.11. The third-order valence-electron chi connectivity index (χ3n) is 4.12. The van der Waals surface area contributed by atoms with Gasteiger partial charge in [0.25, 0.3) is 11.8 Å². The van der Waals surface area contributed by atoms with Gasteiger partial charge in [-0.25, -0.2) is 0 Å². The van der Waals surface area contributed by atoms with Crippen LogP contribution in [-0.4, -0.2) is 32.4 Å². The lowest BCUT2D eigenvalue weighted by atomic mass is 10.1. The monoisotopic (exact) mass is 353 g/mol. The highest BCUT2D eigenvalue weighted by Gasteiger charge is 2.12. The van der Waals surface area contributed by atoms with E-state index >= 15 is 0 Å². The molecule has 0 aliphatic rings. The lowest BCUT2D eigenvalue weighted by Crippen LogP contribution is -2.30. The quantitative estimate of drug-likeness (QED) is 0.736. The predicted octanol–water partition coefficient (Wildman–Crippen LogP) is 2.92. The van der Waals surface area contributed by atoms with Gasteiger partial charge in [-0.15, -0.1) is 0 Å². The number of aromatic nitrogens is 4. The van der Waals surface area contributed by atoms with Gasteiger partial charge in [-0.2, -0.15) is 10.1 Å². The van der Waals surface area contributed by atoms with Gasteiger partial charge in [-0.05, 0) is 57.0 Å². The fourth-order valence-corrected chi connectivity index (χ4v) is 2.77. The highest BCUT2D eigenvalue weighted by atomic mass is 16.5. The van der Waals surface area contributed by atoms with Crippen LogP contribution in [0.5, 0.6) is 0 Å². The lowest BCUT2D eigenvalue weighted by molar-refractivity contribution is 0.0946. The van der Waals surface area contributed by atoms with Crippen LogP contribution in [0.3, 0.4) is 0 Å². The Morgan fingerprint density at radius 3 is 2.54 bits per heavy atom. The summed E-state index contributed by atoms with van der Waals surface area (Å²) in [5.41, 5.74) is 3.53. The van der Waals surface area contributed by atoms with E-state index in [2.05, 4.69) is 33.5 Å². The minimum atomic E-state index is -0.0986. The molecule has 0 radical (unpaired) electrons. The van der Waals surface area contributed by atoms with E-state index in [1.807, 2.05) is 18.5 Å². The smallest absolute Gasteiger partial charge is 0.257 e. The molecule has 3 aromatic rings. The van der Waals surface area contributed by atoms with Crippen LogP contribution in [0.4, 0.5) is 0 Å². The number of hydrogen-bond acceptors (Lipinski definition) is 5. The molecule has 0 saturated heterocycles. The molecule has 7 heteroatoms. The molecule has 0 saturated carbocycles. The largest absolute Gasteiger partial charge is 0.352 e. The van der Waals surface area contributed by atoms with Gasteiger partial charge in [0.15, 0.2) is 5.82 Å². The van der Waals surface area contributed by atoms with Crippen LogP contribution in [0.15, 0.2) is 34.9 Å². The first-order chi connectivity index (χ1) is 12.4. The van der Waals surface area contributed by atoms with Crippen molar-refractivity contribution in [3.8, 4) is 11.5 Å². The Morgan fingerprint density at radius 1 is 1.23 bits per heavy atom. The maximum atomic E-state index is 12.3. The fraction of sp³-hybridized carbons (Fsp3) is 0.368. The molecule has 3 rings (SSSR count). The summed E-state index contributed by atoms with van der Waals surface area (Å²) in [7, 11) is 0. The van der Waals surface area contributed by atoms with Gasteiger partial charge in [0.1, 0.15) is 0 Å². The molecule has 2 heterocycles. The number of amides is 1. The van der Waals surface area contributed by atoms with Crippen molar-refractivity contribution in [2.75, 3.05) is 6.54 Å². The number of nitrogens with zero attached hydrogens (tertiary/aromatic N) is 4. The predicted molar refractivity (Wildman–Crippen MR) is 97.7 cm³/mol. The van der Waals surface area contributed by atoms with E-state index in [4.69, 9.17) is 4.52 Å². The summed E-state index contributed by atoms with van der Waals surface area (Å²) in [5, 5.41) is 11.2.